The summed E-state index contributed by atoms with van der Waals surface area (Å²) < 4.78 is 11.6. The number of fused-ring (bicyclic) bond motifs is 1. The molecule has 2 N–H and O–H groups in total. The van der Waals surface area contributed by atoms with E-state index in [0.717, 1.165) is 5.56 Å². The Bertz CT molecular complexity index is 1050. The number of aromatic hydroxyl groups is 1. The third-order valence-corrected chi connectivity index (χ3v) is 4.09. The standard InChI is InChI=1S/C19H19N3O5/c1-26-13-7-6-12(11-14(13)27-2)8-9-20-17(23)16-18(24)21-15-5-3-4-10-22(15)19(16)25/h3-7,10-11,24H,8-9H2,1-2H3,(H,20,23). The van der Waals surface area contributed by atoms with E-state index >= 15 is 0 Å². The number of ether oxygens (including phenoxy) is 2. The van der Waals surface area contributed by atoms with Gasteiger partial charge in [-0.1, -0.05) is 12.1 Å². The van der Waals surface area contributed by atoms with E-state index in [1.165, 1.54) is 10.6 Å². The summed E-state index contributed by atoms with van der Waals surface area (Å²) in [4.78, 5) is 28.7. The molecule has 0 spiro atoms. The van der Waals surface area contributed by atoms with Crippen LogP contribution in [0, 0.1) is 0 Å². The first-order valence-corrected chi connectivity index (χ1v) is 8.24. The van der Waals surface area contributed by atoms with Crippen LogP contribution in [0.1, 0.15) is 15.9 Å². The number of methoxy groups -OCH3 is 2. The minimum atomic E-state index is -0.677. The van der Waals surface area contributed by atoms with Crippen molar-refractivity contribution in [2.45, 2.75) is 6.42 Å². The summed E-state index contributed by atoms with van der Waals surface area (Å²) in [5, 5.41) is 12.6. The van der Waals surface area contributed by atoms with Gasteiger partial charge in [0.1, 0.15) is 5.65 Å². The lowest BCUT2D eigenvalue weighted by molar-refractivity contribution is 0.0949. The second kappa shape index (κ2) is 7.77. The number of amides is 1. The Balaban J connectivity index is 1.73. The Labute approximate surface area is 155 Å². The number of aromatic nitrogens is 2. The van der Waals surface area contributed by atoms with E-state index in [0.29, 0.717) is 17.9 Å². The molecule has 1 amide bonds. The highest BCUT2D eigenvalue weighted by Crippen LogP contribution is 2.27. The first kappa shape index (κ1) is 18.2. The average molecular weight is 369 g/mol. The van der Waals surface area contributed by atoms with Gasteiger partial charge in [0.15, 0.2) is 17.1 Å². The molecule has 140 valence electrons. The van der Waals surface area contributed by atoms with E-state index in [1.807, 2.05) is 12.1 Å². The fourth-order valence-electron chi connectivity index (χ4n) is 2.72. The molecule has 8 nitrogen and oxygen atoms in total. The van der Waals surface area contributed by atoms with Gasteiger partial charge in [-0.3, -0.25) is 14.0 Å². The molecule has 0 radical (unpaired) electrons. The van der Waals surface area contributed by atoms with E-state index < -0.39 is 17.3 Å². The summed E-state index contributed by atoms with van der Waals surface area (Å²) in [5.74, 6) is -0.0556. The van der Waals surface area contributed by atoms with Gasteiger partial charge in [0.25, 0.3) is 11.5 Å². The van der Waals surface area contributed by atoms with E-state index in [9.17, 15) is 14.7 Å². The summed E-state index contributed by atoms with van der Waals surface area (Å²) in [6, 6.07) is 10.4. The molecule has 2 aromatic heterocycles. The van der Waals surface area contributed by atoms with Gasteiger partial charge in [0, 0.05) is 12.7 Å². The van der Waals surface area contributed by atoms with Crippen LogP contribution in [0.4, 0.5) is 0 Å². The van der Waals surface area contributed by atoms with E-state index in [1.54, 1.807) is 38.5 Å². The topological polar surface area (TPSA) is 102 Å². The number of benzene rings is 1. The van der Waals surface area contributed by atoms with Crippen LogP contribution >= 0.6 is 0 Å². The smallest absolute Gasteiger partial charge is 0.274 e. The van der Waals surface area contributed by atoms with Gasteiger partial charge in [-0.15, -0.1) is 0 Å². The third kappa shape index (κ3) is 3.69. The van der Waals surface area contributed by atoms with E-state index in [-0.39, 0.29) is 17.8 Å². The SMILES string of the molecule is COc1ccc(CCNC(=O)c2c(O)nc3ccccn3c2=O)cc1OC. The van der Waals surface area contributed by atoms with Gasteiger partial charge in [-0.2, -0.15) is 4.98 Å². The molecule has 0 saturated heterocycles. The van der Waals surface area contributed by atoms with Crippen LogP contribution in [0.25, 0.3) is 5.65 Å². The van der Waals surface area contributed by atoms with Crippen molar-refractivity contribution in [3.8, 4) is 17.4 Å². The number of hydrogen-bond donors (Lipinski definition) is 2. The molecule has 0 saturated carbocycles. The summed E-state index contributed by atoms with van der Waals surface area (Å²) >= 11 is 0. The molecular formula is C19H19N3O5. The van der Waals surface area contributed by atoms with Crippen molar-refractivity contribution >= 4 is 11.6 Å². The first-order chi connectivity index (χ1) is 13.0. The van der Waals surface area contributed by atoms with Gasteiger partial charge in [0.2, 0.25) is 5.88 Å². The molecule has 27 heavy (non-hydrogen) atoms. The van der Waals surface area contributed by atoms with Crippen molar-refractivity contribution in [2.24, 2.45) is 0 Å². The lowest BCUT2D eigenvalue weighted by Gasteiger charge is -2.10. The quantitative estimate of drug-likeness (QED) is 0.681. The van der Waals surface area contributed by atoms with Crippen LogP contribution in [0.5, 0.6) is 17.4 Å². The van der Waals surface area contributed by atoms with Crippen LogP contribution in [0.3, 0.4) is 0 Å². The van der Waals surface area contributed by atoms with Crippen molar-refractivity contribution in [2.75, 3.05) is 20.8 Å². The monoisotopic (exact) mass is 369 g/mol. The Hall–Kier alpha value is -3.55. The minimum Gasteiger partial charge on any atom is -0.493 e. The lowest BCUT2D eigenvalue weighted by atomic mass is 10.1. The van der Waals surface area contributed by atoms with Crippen LogP contribution < -0.4 is 20.3 Å². The van der Waals surface area contributed by atoms with Crippen LogP contribution in [0.15, 0.2) is 47.4 Å². The van der Waals surface area contributed by atoms with Crippen molar-refractivity contribution in [3.05, 3.63) is 64.1 Å². The molecule has 3 rings (SSSR count). The van der Waals surface area contributed by atoms with Gasteiger partial charge in [0.05, 0.1) is 14.2 Å². The number of nitrogens with zero attached hydrogens (tertiary/aromatic N) is 2. The van der Waals surface area contributed by atoms with E-state index in [2.05, 4.69) is 10.3 Å². The number of hydrogen-bond acceptors (Lipinski definition) is 6. The summed E-state index contributed by atoms with van der Waals surface area (Å²) in [6.07, 6.45) is 2.00. The van der Waals surface area contributed by atoms with Crippen LogP contribution in [0.2, 0.25) is 0 Å². The first-order valence-electron chi connectivity index (χ1n) is 8.24. The van der Waals surface area contributed by atoms with Crippen molar-refractivity contribution in [3.63, 3.8) is 0 Å². The zero-order valence-corrected chi connectivity index (χ0v) is 14.9. The molecule has 2 heterocycles. The molecule has 0 atom stereocenters. The van der Waals surface area contributed by atoms with Gasteiger partial charge in [-0.05, 0) is 36.2 Å². The maximum atomic E-state index is 12.4. The average Bonchev–Trinajstić information content (AvgIpc) is 2.67. The van der Waals surface area contributed by atoms with Crippen LogP contribution in [-0.2, 0) is 6.42 Å². The summed E-state index contributed by atoms with van der Waals surface area (Å²) in [6.45, 7) is 0.269. The van der Waals surface area contributed by atoms with Gasteiger partial charge in [-0.25, -0.2) is 0 Å². The number of pyridine rings is 1. The highest BCUT2D eigenvalue weighted by atomic mass is 16.5. The predicted octanol–water partition coefficient (Wildman–Crippen LogP) is 1.39. The fourth-order valence-corrected chi connectivity index (χ4v) is 2.72. The second-order valence-corrected chi connectivity index (χ2v) is 5.74. The Morgan fingerprint density at radius 1 is 1.19 bits per heavy atom. The molecule has 0 bridgehead atoms. The van der Waals surface area contributed by atoms with Crippen molar-refractivity contribution in [1.82, 2.24) is 14.7 Å². The Kier molecular flexibility index (Phi) is 5.25. The normalized spacial score (nSPS) is 10.6. The number of nitrogens with one attached hydrogen (secondary N) is 1. The second-order valence-electron chi connectivity index (χ2n) is 5.74. The lowest BCUT2D eigenvalue weighted by Crippen LogP contribution is -2.33. The highest BCUT2D eigenvalue weighted by molar-refractivity contribution is 5.96. The largest absolute Gasteiger partial charge is 0.493 e. The van der Waals surface area contributed by atoms with Gasteiger partial charge < -0.3 is 19.9 Å². The summed E-state index contributed by atoms with van der Waals surface area (Å²) in [5.41, 5.74) is 0.181. The number of carbonyl (C=O) groups excluding carboxylic acids is 1. The number of carbonyl (C=O) groups is 1. The van der Waals surface area contributed by atoms with Crippen molar-refractivity contribution in [1.29, 1.82) is 0 Å². The zero-order chi connectivity index (χ0) is 19.4. The molecule has 1 aromatic carbocycles. The maximum Gasteiger partial charge on any atom is 0.274 e. The molecule has 0 unspecified atom stereocenters. The van der Waals surface area contributed by atoms with Crippen LogP contribution in [-0.4, -0.2) is 41.2 Å². The minimum absolute atomic E-state index is 0.266. The Morgan fingerprint density at radius 3 is 2.70 bits per heavy atom. The predicted molar refractivity (Wildman–Crippen MR) is 98.7 cm³/mol. The molecule has 0 aliphatic heterocycles. The maximum absolute atomic E-state index is 12.4. The molecular weight excluding hydrogens is 350 g/mol. The number of rotatable bonds is 6. The molecule has 3 aromatic rings. The van der Waals surface area contributed by atoms with E-state index in [4.69, 9.17) is 9.47 Å². The molecule has 0 aliphatic rings. The third-order valence-electron chi connectivity index (χ3n) is 4.09. The fraction of sp³-hybridized carbons (Fsp3) is 0.211. The molecule has 8 heteroatoms. The highest BCUT2D eigenvalue weighted by Gasteiger charge is 2.19. The molecule has 0 aliphatic carbocycles. The van der Waals surface area contributed by atoms with Crippen molar-refractivity contribution < 1.29 is 19.4 Å². The van der Waals surface area contributed by atoms with Gasteiger partial charge >= 0.3 is 0 Å². The Morgan fingerprint density at radius 2 is 1.96 bits per heavy atom. The zero-order valence-electron chi connectivity index (χ0n) is 14.9. The summed E-state index contributed by atoms with van der Waals surface area (Å²) in [7, 11) is 3.10. The molecule has 0 fully saturated rings.